The van der Waals surface area contributed by atoms with Gasteiger partial charge in [-0.05, 0) is 29.7 Å². The van der Waals surface area contributed by atoms with Crippen LogP contribution >= 0.6 is 7.92 Å². The van der Waals surface area contributed by atoms with Gasteiger partial charge in [0.1, 0.15) is 0 Å². The summed E-state index contributed by atoms with van der Waals surface area (Å²) in [6.07, 6.45) is 3.11. The smallest absolute Gasteiger partial charge is 0.0811 e. The van der Waals surface area contributed by atoms with Gasteiger partial charge in [-0.3, -0.25) is 4.99 Å². The summed E-state index contributed by atoms with van der Waals surface area (Å²) in [6, 6.07) is 43.2. The molecule has 1 unspecified atom stereocenters. The van der Waals surface area contributed by atoms with Crippen molar-refractivity contribution in [2.75, 3.05) is 6.16 Å². The Kier molecular flexibility index (Phi) is 7.42. The zero-order valence-corrected chi connectivity index (χ0v) is 18.8. The Morgan fingerprint density at radius 1 is 0.613 bits per heavy atom. The van der Waals surface area contributed by atoms with E-state index in [9.17, 15) is 0 Å². The highest BCUT2D eigenvalue weighted by atomic mass is 31.1. The van der Waals surface area contributed by atoms with E-state index >= 15 is 0 Å². The van der Waals surface area contributed by atoms with Crippen molar-refractivity contribution in [1.29, 1.82) is 0 Å². The van der Waals surface area contributed by atoms with Gasteiger partial charge in [0.25, 0.3) is 0 Å². The van der Waals surface area contributed by atoms with Gasteiger partial charge < -0.3 is 0 Å². The number of aliphatic imine (C=N–C) groups is 1. The topological polar surface area (TPSA) is 12.4 Å². The van der Waals surface area contributed by atoms with Crippen LogP contribution < -0.4 is 10.6 Å². The van der Waals surface area contributed by atoms with Gasteiger partial charge in [-0.15, -0.1) is 0 Å². The maximum Gasteiger partial charge on any atom is 0.0811 e. The average molecular weight is 422 g/mol. The molecule has 0 aliphatic rings. The summed E-state index contributed by atoms with van der Waals surface area (Å²) in [5.74, 6) is 0.305. The van der Waals surface area contributed by atoms with Gasteiger partial charge in [0.05, 0.1) is 6.04 Å². The average Bonchev–Trinajstić information content (AvgIpc) is 2.86. The first-order valence-corrected chi connectivity index (χ1v) is 12.3. The van der Waals surface area contributed by atoms with Crippen molar-refractivity contribution in [3.63, 3.8) is 0 Å². The van der Waals surface area contributed by atoms with Gasteiger partial charge in [-0.2, -0.15) is 0 Å². The second-order valence-electron chi connectivity index (χ2n) is 7.67. The molecule has 154 valence electrons. The first-order valence-electron chi connectivity index (χ1n) is 10.8. The van der Waals surface area contributed by atoms with Gasteiger partial charge in [-0.1, -0.05) is 128 Å². The van der Waals surface area contributed by atoms with Gasteiger partial charge in [-0.25, -0.2) is 0 Å². The lowest BCUT2D eigenvalue weighted by Crippen LogP contribution is -2.15. The molecule has 0 amide bonds. The molecule has 0 N–H and O–H groups in total. The Hall–Kier alpha value is -3.02. The summed E-state index contributed by atoms with van der Waals surface area (Å²) in [6.45, 7) is 2.28. The highest BCUT2D eigenvalue weighted by Gasteiger charge is 2.20. The van der Waals surface area contributed by atoms with Gasteiger partial charge in [0.15, 0.2) is 0 Å². The van der Waals surface area contributed by atoms with Crippen molar-refractivity contribution >= 4 is 24.7 Å². The monoisotopic (exact) mass is 421 g/mol. The predicted octanol–water partition coefficient (Wildman–Crippen LogP) is 6.74. The van der Waals surface area contributed by atoms with E-state index in [1.807, 2.05) is 0 Å². The SMILES string of the molecule is CC(c1ccccc1)[C@H](/N=C/CP(c1ccccc1)c1ccccc1)c1ccccc1. The fraction of sp³-hybridized carbons (Fsp3) is 0.138. The van der Waals surface area contributed by atoms with Crippen LogP contribution in [0.2, 0.25) is 0 Å². The molecule has 0 saturated heterocycles. The fourth-order valence-corrected chi connectivity index (χ4v) is 5.95. The molecule has 0 radical (unpaired) electrons. The molecular formula is C29H28NP. The molecule has 4 aromatic carbocycles. The maximum atomic E-state index is 5.15. The van der Waals surface area contributed by atoms with Gasteiger partial charge in [0, 0.05) is 18.3 Å². The maximum absolute atomic E-state index is 5.15. The zero-order chi connectivity index (χ0) is 21.3. The third-order valence-electron chi connectivity index (χ3n) is 5.61. The quantitative estimate of drug-likeness (QED) is 0.221. The molecule has 31 heavy (non-hydrogen) atoms. The van der Waals surface area contributed by atoms with E-state index < -0.39 is 7.92 Å². The molecule has 0 heterocycles. The summed E-state index contributed by atoms with van der Waals surface area (Å²) in [4.78, 5) is 5.15. The molecule has 4 aromatic rings. The molecule has 0 spiro atoms. The van der Waals surface area contributed by atoms with E-state index in [1.165, 1.54) is 21.7 Å². The van der Waals surface area contributed by atoms with Crippen LogP contribution in [0.3, 0.4) is 0 Å². The van der Waals surface area contributed by atoms with Crippen molar-refractivity contribution < 1.29 is 0 Å². The van der Waals surface area contributed by atoms with Crippen molar-refractivity contribution in [3.05, 3.63) is 132 Å². The number of rotatable bonds is 8. The summed E-state index contributed by atoms with van der Waals surface area (Å²) in [7, 11) is -0.473. The van der Waals surface area contributed by atoms with Crippen LogP contribution in [-0.4, -0.2) is 12.4 Å². The van der Waals surface area contributed by atoms with Crippen molar-refractivity contribution in [2.45, 2.75) is 18.9 Å². The molecule has 1 nitrogen and oxygen atoms in total. The molecule has 2 heteroatoms. The summed E-state index contributed by atoms with van der Waals surface area (Å²) < 4.78 is 0. The second kappa shape index (κ2) is 10.8. The van der Waals surface area contributed by atoms with Crippen LogP contribution in [0.1, 0.15) is 30.0 Å². The van der Waals surface area contributed by atoms with Gasteiger partial charge in [0.2, 0.25) is 0 Å². The first-order chi connectivity index (χ1) is 15.3. The van der Waals surface area contributed by atoms with E-state index in [4.69, 9.17) is 4.99 Å². The molecule has 0 aliphatic carbocycles. The Morgan fingerprint density at radius 2 is 1.03 bits per heavy atom. The van der Waals surface area contributed by atoms with Crippen molar-refractivity contribution in [1.82, 2.24) is 0 Å². The summed E-state index contributed by atoms with van der Waals surface area (Å²) in [5, 5.41) is 2.78. The Labute approximate surface area is 187 Å². The normalized spacial score (nSPS) is 13.4. The first kappa shape index (κ1) is 21.2. The Morgan fingerprint density at radius 3 is 1.52 bits per heavy atom. The van der Waals surface area contributed by atoms with Crippen molar-refractivity contribution in [3.8, 4) is 0 Å². The lowest BCUT2D eigenvalue weighted by molar-refractivity contribution is 0.602. The van der Waals surface area contributed by atoms with Crippen molar-refractivity contribution in [2.24, 2.45) is 4.99 Å². The van der Waals surface area contributed by atoms with Crippen LogP contribution in [0, 0.1) is 0 Å². The Bertz CT molecular complexity index is 1020. The third-order valence-corrected chi connectivity index (χ3v) is 7.98. The molecule has 0 saturated carbocycles. The molecule has 0 bridgehead atoms. The standard InChI is InChI=1S/C29H28NP/c1-24(25-14-6-2-7-15-25)29(26-16-8-3-9-17-26)30-22-23-31(27-18-10-4-11-19-27)28-20-12-5-13-21-28/h2-22,24,29H,23H2,1H3/b30-22+/t24?,29-/m0/s1. The molecule has 4 rings (SSSR count). The summed E-state index contributed by atoms with van der Waals surface area (Å²) >= 11 is 0. The molecule has 2 atom stereocenters. The van der Waals surface area contributed by atoms with Crippen LogP contribution in [0.5, 0.6) is 0 Å². The third kappa shape index (κ3) is 5.57. The van der Waals surface area contributed by atoms with Crippen LogP contribution in [0.25, 0.3) is 0 Å². The lowest BCUT2D eigenvalue weighted by atomic mass is 9.89. The van der Waals surface area contributed by atoms with Crippen LogP contribution in [0.15, 0.2) is 126 Å². The van der Waals surface area contributed by atoms with E-state index in [1.54, 1.807) is 0 Å². The van der Waals surface area contributed by atoms with Gasteiger partial charge >= 0.3 is 0 Å². The molecular weight excluding hydrogens is 393 g/mol. The number of nitrogens with zero attached hydrogens (tertiary/aromatic N) is 1. The van der Waals surface area contributed by atoms with Crippen LogP contribution in [-0.2, 0) is 0 Å². The minimum atomic E-state index is -0.473. The van der Waals surface area contributed by atoms with E-state index in [0.717, 1.165) is 6.16 Å². The number of hydrogen-bond donors (Lipinski definition) is 0. The number of benzene rings is 4. The van der Waals surface area contributed by atoms with E-state index in [0.29, 0.717) is 5.92 Å². The zero-order valence-electron chi connectivity index (χ0n) is 17.9. The van der Waals surface area contributed by atoms with E-state index in [-0.39, 0.29) is 6.04 Å². The minimum absolute atomic E-state index is 0.104. The highest BCUT2D eigenvalue weighted by molar-refractivity contribution is 7.73. The molecule has 0 aromatic heterocycles. The fourth-order valence-electron chi connectivity index (χ4n) is 3.91. The van der Waals surface area contributed by atoms with E-state index in [2.05, 4.69) is 134 Å². The Balaban J connectivity index is 1.62. The van der Waals surface area contributed by atoms with Crippen LogP contribution in [0.4, 0.5) is 0 Å². The second-order valence-corrected chi connectivity index (χ2v) is 9.92. The predicted molar refractivity (Wildman–Crippen MR) is 136 cm³/mol. The molecule has 0 aliphatic heterocycles. The number of hydrogen-bond acceptors (Lipinski definition) is 1. The molecule has 0 fully saturated rings. The highest BCUT2D eigenvalue weighted by Crippen LogP contribution is 2.35. The minimum Gasteiger partial charge on any atom is -0.288 e. The summed E-state index contributed by atoms with van der Waals surface area (Å²) in [5.41, 5.74) is 2.58. The largest absolute Gasteiger partial charge is 0.288 e. The lowest BCUT2D eigenvalue weighted by Gasteiger charge is -2.22.